The van der Waals surface area contributed by atoms with Gasteiger partial charge in [0.25, 0.3) is 5.56 Å². The smallest absolute Gasteiger partial charge is 0.266 e. The summed E-state index contributed by atoms with van der Waals surface area (Å²) in [4.78, 5) is 11.7. The van der Waals surface area contributed by atoms with Crippen molar-refractivity contribution in [2.45, 2.75) is 33.4 Å². The first-order chi connectivity index (χ1) is 8.99. The third kappa shape index (κ3) is 2.90. The van der Waals surface area contributed by atoms with Crippen LogP contribution in [0.15, 0.2) is 35.3 Å². The second-order valence-corrected chi connectivity index (χ2v) is 4.96. The molecular weight excluding hydrogens is 238 g/mol. The third-order valence-corrected chi connectivity index (χ3v) is 3.26. The normalized spacial score (nSPS) is 12.4. The largest absolute Gasteiger partial charge is 0.322 e. The van der Waals surface area contributed by atoms with Gasteiger partial charge in [-0.15, -0.1) is 0 Å². The van der Waals surface area contributed by atoms with E-state index in [0.717, 1.165) is 16.7 Å². The fourth-order valence-corrected chi connectivity index (χ4v) is 2.58. The summed E-state index contributed by atoms with van der Waals surface area (Å²) in [7, 11) is 0. The van der Waals surface area contributed by atoms with Gasteiger partial charge in [0.05, 0.1) is 12.6 Å². The Labute approximate surface area is 112 Å². The molecule has 1 aromatic heterocycles. The molecule has 2 N–H and O–H groups in total. The SMILES string of the molecule is Cc1cc(C)c(C(N)Cn2ncccc2=O)c(C)c1. The van der Waals surface area contributed by atoms with Gasteiger partial charge in [-0.25, -0.2) is 4.68 Å². The molecule has 0 fully saturated rings. The predicted octanol–water partition coefficient (Wildman–Crippen LogP) is 1.87. The van der Waals surface area contributed by atoms with E-state index in [0.29, 0.717) is 6.54 Å². The maximum Gasteiger partial charge on any atom is 0.266 e. The minimum absolute atomic E-state index is 0.125. The van der Waals surface area contributed by atoms with Gasteiger partial charge in [0.2, 0.25) is 0 Å². The monoisotopic (exact) mass is 257 g/mol. The van der Waals surface area contributed by atoms with Crippen molar-refractivity contribution in [3.8, 4) is 0 Å². The molecule has 0 saturated heterocycles. The Morgan fingerprint density at radius 2 is 1.89 bits per heavy atom. The molecule has 4 heteroatoms. The van der Waals surface area contributed by atoms with Crippen LogP contribution in [-0.4, -0.2) is 9.78 Å². The first kappa shape index (κ1) is 13.5. The summed E-state index contributed by atoms with van der Waals surface area (Å²) in [6.07, 6.45) is 1.60. The second kappa shape index (κ2) is 5.36. The number of hydrogen-bond donors (Lipinski definition) is 1. The Morgan fingerprint density at radius 3 is 2.47 bits per heavy atom. The maximum atomic E-state index is 11.7. The van der Waals surface area contributed by atoms with E-state index in [9.17, 15) is 4.79 Å². The van der Waals surface area contributed by atoms with Crippen molar-refractivity contribution in [2.24, 2.45) is 5.73 Å². The number of benzene rings is 1. The molecule has 0 bridgehead atoms. The van der Waals surface area contributed by atoms with E-state index in [1.165, 1.54) is 16.3 Å². The fraction of sp³-hybridized carbons (Fsp3) is 0.333. The van der Waals surface area contributed by atoms with E-state index in [2.05, 4.69) is 38.0 Å². The number of aromatic nitrogens is 2. The number of nitrogens with two attached hydrogens (primary N) is 1. The Morgan fingerprint density at radius 1 is 1.26 bits per heavy atom. The molecule has 1 heterocycles. The van der Waals surface area contributed by atoms with Gasteiger partial charge in [-0.05, 0) is 43.5 Å². The lowest BCUT2D eigenvalue weighted by Gasteiger charge is -2.18. The Bertz CT molecular complexity index is 623. The van der Waals surface area contributed by atoms with Gasteiger partial charge in [0, 0.05) is 12.3 Å². The van der Waals surface area contributed by atoms with Crippen molar-refractivity contribution < 1.29 is 0 Å². The maximum absolute atomic E-state index is 11.7. The van der Waals surface area contributed by atoms with Crippen molar-refractivity contribution in [3.05, 3.63) is 63.1 Å². The topological polar surface area (TPSA) is 60.9 Å². The van der Waals surface area contributed by atoms with E-state index in [1.54, 1.807) is 12.3 Å². The summed E-state index contributed by atoms with van der Waals surface area (Å²) in [6.45, 7) is 6.57. The minimum atomic E-state index is -0.229. The first-order valence-corrected chi connectivity index (χ1v) is 6.34. The van der Waals surface area contributed by atoms with Crippen LogP contribution in [0.2, 0.25) is 0 Å². The highest BCUT2D eigenvalue weighted by atomic mass is 16.1. The van der Waals surface area contributed by atoms with Crippen LogP contribution in [0.25, 0.3) is 0 Å². The van der Waals surface area contributed by atoms with Gasteiger partial charge in [0.15, 0.2) is 0 Å². The van der Waals surface area contributed by atoms with Crippen LogP contribution in [0.4, 0.5) is 0 Å². The third-order valence-electron chi connectivity index (χ3n) is 3.26. The van der Waals surface area contributed by atoms with E-state index in [4.69, 9.17) is 5.73 Å². The average Bonchev–Trinajstić information content (AvgIpc) is 2.30. The highest BCUT2D eigenvalue weighted by Gasteiger charge is 2.14. The standard InChI is InChI=1S/C15H19N3O/c1-10-7-11(2)15(12(3)8-10)13(16)9-18-14(19)5-4-6-17-18/h4-8,13H,9,16H2,1-3H3. The first-order valence-electron chi connectivity index (χ1n) is 6.34. The second-order valence-electron chi connectivity index (χ2n) is 4.96. The molecule has 0 spiro atoms. The zero-order chi connectivity index (χ0) is 14.0. The minimum Gasteiger partial charge on any atom is -0.322 e. The summed E-state index contributed by atoms with van der Waals surface area (Å²) in [5, 5.41) is 4.04. The van der Waals surface area contributed by atoms with Crippen LogP contribution < -0.4 is 11.3 Å². The number of nitrogens with zero attached hydrogens (tertiary/aromatic N) is 2. The highest BCUT2D eigenvalue weighted by Crippen LogP contribution is 2.22. The quantitative estimate of drug-likeness (QED) is 0.913. The van der Waals surface area contributed by atoms with Gasteiger partial charge in [-0.1, -0.05) is 17.7 Å². The van der Waals surface area contributed by atoms with Gasteiger partial charge in [-0.3, -0.25) is 4.79 Å². The molecule has 0 aliphatic rings. The van der Waals surface area contributed by atoms with E-state index >= 15 is 0 Å². The van der Waals surface area contributed by atoms with E-state index < -0.39 is 0 Å². The molecule has 2 rings (SSSR count). The fourth-order valence-electron chi connectivity index (χ4n) is 2.58. The Balaban J connectivity index is 2.33. The van der Waals surface area contributed by atoms with Gasteiger partial charge in [0.1, 0.15) is 0 Å². The van der Waals surface area contributed by atoms with Crippen molar-refractivity contribution >= 4 is 0 Å². The summed E-state index contributed by atoms with van der Waals surface area (Å²) < 4.78 is 1.41. The van der Waals surface area contributed by atoms with E-state index in [-0.39, 0.29) is 11.6 Å². The lowest BCUT2D eigenvalue weighted by Crippen LogP contribution is -2.28. The molecular formula is C15H19N3O. The number of hydrogen-bond acceptors (Lipinski definition) is 3. The highest BCUT2D eigenvalue weighted by molar-refractivity contribution is 5.39. The van der Waals surface area contributed by atoms with Crippen molar-refractivity contribution in [2.75, 3.05) is 0 Å². The van der Waals surface area contributed by atoms with Crippen molar-refractivity contribution in [1.82, 2.24) is 9.78 Å². The zero-order valence-electron chi connectivity index (χ0n) is 11.6. The van der Waals surface area contributed by atoms with Crippen LogP contribution in [0.3, 0.4) is 0 Å². The number of aryl methyl sites for hydroxylation is 3. The molecule has 2 aromatic rings. The summed E-state index contributed by atoms with van der Waals surface area (Å²) >= 11 is 0. The molecule has 0 radical (unpaired) electrons. The van der Waals surface area contributed by atoms with Crippen LogP contribution in [-0.2, 0) is 6.54 Å². The molecule has 19 heavy (non-hydrogen) atoms. The van der Waals surface area contributed by atoms with Crippen molar-refractivity contribution in [3.63, 3.8) is 0 Å². The molecule has 0 saturated carbocycles. The molecule has 1 unspecified atom stereocenters. The zero-order valence-corrected chi connectivity index (χ0v) is 11.6. The molecule has 1 aromatic carbocycles. The molecule has 0 aliphatic carbocycles. The van der Waals surface area contributed by atoms with Crippen LogP contribution in [0.5, 0.6) is 0 Å². The molecule has 4 nitrogen and oxygen atoms in total. The van der Waals surface area contributed by atoms with Gasteiger partial charge >= 0.3 is 0 Å². The Kier molecular flexibility index (Phi) is 3.81. The summed E-state index contributed by atoms with van der Waals surface area (Å²) in [6, 6.07) is 7.13. The van der Waals surface area contributed by atoms with Gasteiger partial charge in [-0.2, -0.15) is 5.10 Å². The molecule has 1 atom stereocenters. The lowest BCUT2D eigenvalue weighted by atomic mass is 9.94. The van der Waals surface area contributed by atoms with Crippen molar-refractivity contribution in [1.29, 1.82) is 0 Å². The Hall–Kier alpha value is -1.94. The van der Waals surface area contributed by atoms with Crippen LogP contribution >= 0.6 is 0 Å². The molecule has 0 aliphatic heterocycles. The summed E-state index contributed by atoms with van der Waals surface area (Å²) in [5.41, 5.74) is 10.8. The van der Waals surface area contributed by atoms with Gasteiger partial charge < -0.3 is 5.73 Å². The lowest BCUT2D eigenvalue weighted by molar-refractivity contribution is 0.501. The molecule has 0 amide bonds. The average molecular weight is 257 g/mol. The van der Waals surface area contributed by atoms with E-state index in [1.807, 2.05) is 0 Å². The predicted molar refractivity (Wildman–Crippen MR) is 76.1 cm³/mol. The summed E-state index contributed by atoms with van der Waals surface area (Å²) in [5.74, 6) is 0. The number of rotatable bonds is 3. The van der Waals surface area contributed by atoms with Crippen LogP contribution in [0.1, 0.15) is 28.3 Å². The van der Waals surface area contributed by atoms with Crippen LogP contribution in [0, 0.1) is 20.8 Å². The molecule has 100 valence electrons.